The molecular formula is C21H27BrF4N2O3S. The van der Waals surface area contributed by atoms with Gasteiger partial charge >= 0.3 is 12.3 Å². The number of carbonyl (C=O) groups excluding carboxylic acids is 1. The lowest BCUT2D eigenvalue weighted by molar-refractivity contribution is -0.275. The molecule has 1 unspecified atom stereocenters. The van der Waals surface area contributed by atoms with Crippen LogP contribution < -0.4 is 9.46 Å². The molecule has 1 aromatic heterocycles. The molecular weight excluding hydrogens is 516 g/mol. The van der Waals surface area contributed by atoms with Crippen molar-refractivity contribution in [2.75, 3.05) is 6.61 Å². The average molecular weight is 543 g/mol. The predicted octanol–water partition coefficient (Wildman–Crippen LogP) is 6.66. The summed E-state index contributed by atoms with van der Waals surface area (Å²) in [6.45, 7) is 8.65. The van der Waals surface area contributed by atoms with E-state index in [1.165, 1.54) is 12.1 Å². The highest BCUT2D eigenvalue weighted by Crippen LogP contribution is 2.25. The highest BCUT2D eigenvalue weighted by Gasteiger charge is 2.32. The second kappa shape index (κ2) is 15.9. The third kappa shape index (κ3) is 14.3. The van der Waals surface area contributed by atoms with Gasteiger partial charge in [0.2, 0.25) is 0 Å². The van der Waals surface area contributed by atoms with Crippen molar-refractivity contribution in [1.82, 2.24) is 9.71 Å². The normalized spacial score (nSPS) is 11.5. The number of esters is 1. The summed E-state index contributed by atoms with van der Waals surface area (Å²) in [4.78, 5) is 15.6. The molecule has 11 heteroatoms. The monoisotopic (exact) mass is 542 g/mol. The topological polar surface area (TPSA) is 60.5 Å². The van der Waals surface area contributed by atoms with Gasteiger partial charge in [-0.2, -0.15) is 0 Å². The number of benzene rings is 1. The second-order valence-electron chi connectivity index (χ2n) is 6.77. The smallest absolute Gasteiger partial charge is 0.466 e. The first kappa shape index (κ1) is 30.1. The van der Waals surface area contributed by atoms with Gasteiger partial charge in [0.25, 0.3) is 0 Å². The first-order chi connectivity index (χ1) is 14.9. The minimum Gasteiger partial charge on any atom is -0.466 e. The quantitative estimate of drug-likeness (QED) is 0.243. The van der Waals surface area contributed by atoms with Crippen molar-refractivity contribution in [3.63, 3.8) is 0 Å². The largest absolute Gasteiger partial charge is 0.573 e. The number of aromatic nitrogens is 1. The number of carbonyl (C=O) groups is 1. The molecule has 0 saturated carbocycles. The Labute approximate surface area is 199 Å². The van der Waals surface area contributed by atoms with Crippen LogP contribution in [-0.4, -0.2) is 23.9 Å². The van der Waals surface area contributed by atoms with Gasteiger partial charge in [-0.3, -0.25) is 14.5 Å². The second-order valence-corrected chi connectivity index (χ2v) is 7.88. The Balaban J connectivity index is 0.000000529. The SMILES string of the molecule is CC(C)C.CCOC(=O)CC(NS)c1ncccc1Br.Fc1ccccc1OC(F)(F)F. The molecule has 0 aliphatic heterocycles. The molecule has 0 fully saturated rings. The van der Waals surface area contributed by atoms with Gasteiger partial charge in [-0.1, -0.05) is 45.7 Å². The number of hydrogen-bond acceptors (Lipinski definition) is 6. The first-order valence-electron chi connectivity index (χ1n) is 9.57. The average Bonchev–Trinajstić information content (AvgIpc) is 2.68. The van der Waals surface area contributed by atoms with Gasteiger partial charge in [0.15, 0.2) is 11.6 Å². The molecule has 0 aliphatic rings. The Morgan fingerprint density at radius 1 is 1.19 bits per heavy atom. The van der Waals surface area contributed by atoms with Crippen LogP contribution in [0, 0.1) is 11.7 Å². The Morgan fingerprint density at radius 3 is 2.25 bits per heavy atom. The summed E-state index contributed by atoms with van der Waals surface area (Å²) in [6.07, 6.45) is -2.97. The van der Waals surface area contributed by atoms with Crippen LogP contribution in [0.5, 0.6) is 5.75 Å². The number of halogens is 5. The molecule has 1 atom stereocenters. The van der Waals surface area contributed by atoms with Crippen molar-refractivity contribution in [3.8, 4) is 5.75 Å². The van der Waals surface area contributed by atoms with E-state index in [0.717, 1.165) is 28.2 Å². The number of nitrogens with zero attached hydrogens (tertiary/aromatic N) is 1. The summed E-state index contributed by atoms with van der Waals surface area (Å²) in [6, 6.07) is 7.74. The van der Waals surface area contributed by atoms with Crippen LogP contribution in [-0.2, 0) is 9.53 Å². The zero-order chi connectivity index (χ0) is 24.7. The molecule has 0 amide bonds. The van der Waals surface area contributed by atoms with Crippen molar-refractivity contribution in [2.24, 2.45) is 5.92 Å². The molecule has 0 aliphatic carbocycles. The Bertz CT molecular complexity index is 808. The van der Waals surface area contributed by atoms with E-state index in [-0.39, 0.29) is 18.4 Å². The van der Waals surface area contributed by atoms with Crippen LogP contribution in [0.15, 0.2) is 47.1 Å². The van der Waals surface area contributed by atoms with Gasteiger partial charge < -0.3 is 9.47 Å². The zero-order valence-electron chi connectivity index (χ0n) is 18.1. The van der Waals surface area contributed by atoms with E-state index in [1.807, 2.05) is 12.1 Å². The minimum absolute atomic E-state index is 0.201. The molecule has 5 nitrogen and oxygen atoms in total. The summed E-state index contributed by atoms with van der Waals surface area (Å²) in [5.41, 5.74) is 0.741. The predicted molar refractivity (Wildman–Crippen MR) is 122 cm³/mol. The Kier molecular flexibility index (Phi) is 15.0. The Morgan fingerprint density at radius 2 is 1.78 bits per heavy atom. The first-order valence-corrected chi connectivity index (χ1v) is 10.8. The minimum atomic E-state index is -4.85. The van der Waals surface area contributed by atoms with Crippen molar-refractivity contribution in [2.45, 2.75) is 46.5 Å². The highest BCUT2D eigenvalue weighted by atomic mass is 79.9. The third-order valence-corrected chi connectivity index (χ3v) is 3.99. The van der Waals surface area contributed by atoms with Crippen molar-refractivity contribution >= 4 is 34.7 Å². The molecule has 1 heterocycles. The van der Waals surface area contributed by atoms with E-state index in [9.17, 15) is 22.4 Å². The zero-order valence-corrected chi connectivity index (χ0v) is 20.6. The highest BCUT2D eigenvalue weighted by molar-refractivity contribution is 9.10. The fraction of sp³-hybridized carbons (Fsp3) is 0.429. The van der Waals surface area contributed by atoms with Crippen LogP contribution in [0.1, 0.15) is 45.9 Å². The molecule has 32 heavy (non-hydrogen) atoms. The maximum Gasteiger partial charge on any atom is 0.573 e. The van der Waals surface area contributed by atoms with Gasteiger partial charge in [-0.25, -0.2) is 4.39 Å². The van der Waals surface area contributed by atoms with Crippen molar-refractivity contribution < 1.29 is 31.8 Å². The molecule has 1 N–H and O–H groups in total. The number of nitrogens with one attached hydrogen (secondary N) is 1. The van der Waals surface area contributed by atoms with Gasteiger partial charge in [0.05, 0.1) is 24.8 Å². The lowest BCUT2D eigenvalue weighted by Crippen LogP contribution is -2.19. The number of alkyl halides is 3. The number of rotatable bonds is 6. The maximum absolute atomic E-state index is 12.5. The maximum atomic E-state index is 12.5. The van der Waals surface area contributed by atoms with Gasteiger partial charge in [-0.15, -0.1) is 13.2 Å². The number of thiol groups is 1. The van der Waals surface area contributed by atoms with E-state index in [1.54, 1.807) is 13.1 Å². The van der Waals surface area contributed by atoms with E-state index < -0.39 is 17.9 Å². The Hall–Kier alpha value is -1.85. The number of para-hydroxylation sites is 1. The molecule has 1 aromatic carbocycles. The molecule has 0 spiro atoms. The summed E-state index contributed by atoms with van der Waals surface area (Å²) in [7, 11) is 0. The standard InChI is InChI=1S/C10H13BrN2O2S.C7H4F4O.C4H10/c1-2-15-9(14)6-8(13-16)10-7(11)4-3-5-12-10;8-5-3-1-2-4-6(5)12-7(9,10)11;1-4(2)3/h3-5,8,13,16H,2,6H2,1H3;1-4H;4H,1-3H3. The summed E-state index contributed by atoms with van der Waals surface area (Å²) < 4.78 is 58.9. The van der Waals surface area contributed by atoms with Crippen LogP contribution in [0.2, 0.25) is 0 Å². The summed E-state index contributed by atoms with van der Waals surface area (Å²) in [5.74, 6) is -1.29. The van der Waals surface area contributed by atoms with Crippen LogP contribution in [0.3, 0.4) is 0 Å². The molecule has 2 rings (SSSR count). The number of hydrogen-bond donors (Lipinski definition) is 2. The van der Waals surface area contributed by atoms with E-state index in [4.69, 9.17) is 4.74 Å². The fourth-order valence-electron chi connectivity index (χ4n) is 1.90. The molecule has 0 radical (unpaired) electrons. The van der Waals surface area contributed by atoms with Gasteiger partial charge in [0.1, 0.15) is 0 Å². The van der Waals surface area contributed by atoms with Crippen LogP contribution in [0.25, 0.3) is 0 Å². The molecule has 0 bridgehead atoms. The molecule has 2 aromatic rings. The van der Waals surface area contributed by atoms with Crippen LogP contribution >= 0.6 is 28.7 Å². The van der Waals surface area contributed by atoms with E-state index >= 15 is 0 Å². The lowest BCUT2D eigenvalue weighted by atomic mass is 10.1. The van der Waals surface area contributed by atoms with E-state index in [0.29, 0.717) is 6.61 Å². The lowest BCUT2D eigenvalue weighted by Gasteiger charge is -2.15. The van der Waals surface area contributed by atoms with Gasteiger partial charge in [0, 0.05) is 10.7 Å². The van der Waals surface area contributed by atoms with E-state index in [2.05, 4.69) is 64.0 Å². The number of pyridine rings is 1. The van der Waals surface area contributed by atoms with Crippen molar-refractivity contribution in [3.05, 3.63) is 58.6 Å². The van der Waals surface area contributed by atoms with Gasteiger partial charge in [-0.05, 0) is 53.0 Å². The summed E-state index contributed by atoms with van der Waals surface area (Å²) >= 11 is 7.38. The molecule has 180 valence electrons. The van der Waals surface area contributed by atoms with Crippen LogP contribution in [0.4, 0.5) is 17.6 Å². The fourth-order valence-corrected chi connectivity index (χ4v) is 2.64. The summed E-state index contributed by atoms with van der Waals surface area (Å²) in [5, 5.41) is 0. The van der Waals surface area contributed by atoms with Crippen molar-refractivity contribution in [1.29, 1.82) is 0 Å². The third-order valence-electron chi connectivity index (χ3n) is 3.01. The molecule has 0 saturated heterocycles. The number of ether oxygens (including phenoxy) is 2.